The quantitative estimate of drug-likeness (QED) is 0.446. The van der Waals surface area contributed by atoms with Crippen LogP contribution in [0.1, 0.15) is 28.8 Å². The number of rotatable bonds is 7. The van der Waals surface area contributed by atoms with Crippen molar-refractivity contribution in [3.05, 3.63) is 94.8 Å². The largest absolute Gasteiger partial charge is 0.454 e. The smallest absolute Gasteiger partial charge is 0.165 e. The minimum absolute atomic E-state index is 0.0736. The van der Waals surface area contributed by atoms with E-state index in [1.165, 1.54) is 6.07 Å². The van der Waals surface area contributed by atoms with E-state index in [0.717, 1.165) is 5.56 Å². The predicted octanol–water partition coefficient (Wildman–Crippen LogP) is 6.48. The van der Waals surface area contributed by atoms with Crippen molar-refractivity contribution in [1.82, 2.24) is 0 Å². The van der Waals surface area contributed by atoms with E-state index >= 15 is 0 Å². The van der Waals surface area contributed by atoms with Gasteiger partial charge in [0.2, 0.25) is 0 Å². The normalized spacial score (nSPS) is 10.5. The molecule has 0 unspecified atom stereocenters. The van der Waals surface area contributed by atoms with Gasteiger partial charge in [0.05, 0.1) is 0 Å². The fourth-order valence-corrected chi connectivity index (χ4v) is 2.76. The lowest BCUT2D eigenvalue weighted by molar-refractivity contribution is 0.0980. The van der Waals surface area contributed by atoms with Crippen molar-refractivity contribution in [3.63, 3.8) is 0 Å². The molecule has 0 saturated carbocycles. The first-order valence-electron chi connectivity index (χ1n) is 8.42. The highest BCUT2D eigenvalue weighted by Gasteiger charge is 2.09. The van der Waals surface area contributed by atoms with E-state index in [0.29, 0.717) is 35.6 Å². The molecule has 0 aromatic heterocycles. The third kappa shape index (κ3) is 4.93. The fraction of sp³-hybridized carbons (Fsp3) is 0.136. The van der Waals surface area contributed by atoms with Crippen molar-refractivity contribution in [2.45, 2.75) is 19.3 Å². The molecule has 0 amide bonds. The molecule has 0 aliphatic carbocycles. The SMILES string of the molecule is O=C(CCCc1ccc(F)c(Oc2ccccc2)c1)c1ccc(Cl)cc1. The number of carbonyl (C=O) groups excluding carboxylic acids is 1. The Kier molecular flexibility index (Phi) is 6.03. The van der Waals surface area contributed by atoms with E-state index in [1.807, 2.05) is 18.2 Å². The summed E-state index contributed by atoms with van der Waals surface area (Å²) < 4.78 is 19.6. The van der Waals surface area contributed by atoms with Gasteiger partial charge in [-0.05, 0) is 66.9 Å². The molecule has 0 spiro atoms. The van der Waals surface area contributed by atoms with Crippen LogP contribution in [0.5, 0.6) is 11.5 Å². The van der Waals surface area contributed by atoms with E-state index in [4.69, 9.17) is 16.3 Å². The number of Topliss-reactive ketones (excluding diaryl/α,β-unsaturated/α-hetero) is 1. The monoisotopic (exact) mass is 368 g/mol. The number of para-hydroxylation sites is 1. The highest BCUT2D eigenvalue weighted by atomic mass is 35.5. The lowest BCUT2D eigenvalue weighted by atomic mass is 10.0. The van der Waals surface area contributed by atoms with E-state index in [-0.39, 0.29) is 11.5 Å². The molecular weight excluding hydrogens is 351 g/mol. The summed E-state index contributed by atoms with van der Waals surface area (Å²) in [6.45, 7) is 0. The van der Waals surface area contributed by atoms with Gasteiger partial charge >= 0.3 is 0 Å². The van der Waals surface area contributed by atoms with E-state index in [1.54, 1.807) is 48.5 Å². The van der Waals surface area contributed by atoms with Gasteiger partial charge in [-0.1, -0.05) is 35.9 Å². The van der Waals surface area contributed by atoms with Crippen molar-refractivity contribution in [1.29, 1.82) is 0 Å². The minimum atomic E-state index is -0.408. The molecule has 0 aliphatic heterocycles. The highest BCUT2D eigenvalue weighted by molar-refractivity contribution is 6.30. The van der Waals surface area contributed by atoms with Crippen LogP contribution in [-0.2, 0) is 6.42 Å². The molecule has 0 radical (unpaired) electrons. The summed E-state index contributed by atoms with van der Waals surface area (Å²) in [6.07, 6.45) is 1.77. The maximum atomic E-state index is 14.0. The summed E-state index contributed by atoms with van der Waals surface area (Å²) in [4.78, 5) is 12.2. The van der Waals surface area contributed by atoms with Gasteiger partial charge in [0.1, 0.15) is 5.75 Å². The Bertz CT molecular complexity index is 876. The maximum absolute atomic E-state index is 14.0. The van der Waals surface area contributed by atoms with Gasteiger partial charge in [0, 0.05) is 17.0 Å². The number of benzene rings is 3. The Balaban J connectivity index is 1.59. The van der Waals surface area contributed by atoms with Gasteiger partial charge in [-0.15, -0.1) is 0 Å². The van der Waals surface area contributed by atoms with Gasteiger partial charge in [0.15, 0.2) is 17.3 Å². The molecule has 3 rings (SSSR count). The number of aryl methyl sites for hydroxylation is 1. The first kappa shape index (κ1) is 18.2. The molecule has 0 aliphatic rings. The van der Waals surface area contributed by atoms with Crippen LogP contribution < -0.4 is 4.74 Å². The number of halogens is 2. The Labute approximate surface area is 157 Å². The first-order valence-corrected chi connectivity index (χ1v) is 8.80. The van der Waals surface area contributed by atoms with Crippen LogP contribution in [0.15, 0.2) is 72.8 Å². The molecule has 26 heavy (non-hydrogen) atoms. The molecule has 0 N–H and O–H groups in total. The zero-order valence-corrected chi connectivity index (χ0v) is 14.9. The van der Waals surface area contributed by atoms with Crippen LogP contribution in [0.2, 0.25) is 5.02 Å². The number of carbonyl (C=O) groups is 1. The Morgan fingerprint density at radius 1 is 0.962 bits per heavy atom. The molecular formula is C22H18ClFO2. The van der Waals surface area contributed by atoms with Crippen LogP contribution in [-0.4, -0.2) is 5.78 Å². The highest BCUT2D eigenvalue weighted by Crippen LogP contribution is 2.26. The predicted molar refractivity (Wildman–Crippen MR) is 102 cm³/mol. The van der Waals surface area contributed by atoms with Crippen molar-refractivity contribution < 1.29 is 13.9 Å². The second-order valence-electron chi connectivity index (χ2n) is 5.96. The average Bonchev–Trinajstić information content (AvgIpc) is 2.65. The summed E-state index contributed by atoms with van der Waals surface area (Å²) in [5, 5.41) is 0.610. The summed E-state index contributed by atoms with van der Waals surface area (Å²) in [6, 6.07) is 20.8. The van der Waals surface area contributed by atoms with Crippen LogP contribution in [0, 0.1) is 5.82 Å². The fourth-order valence-electron chi connectivity index (χ4n) is 2.63. The van der Waals surface area contributed by atoms with Crippen LogP contribution in [0.4, 0.5) is 4.39 Å². The zero-order chi connectivity index (χ0) is 18.4. The minimum Gasteiger partial charge on any atom is -0.454 e. The van der Waals surface area contributed by atoms with Crippen molar-refractivity contribution in [2.24, 2.45) is 0 Å². The van der Waals surface area contributed by atoms with Crippen LogP contribution in [0.3, 0.4) is 0 Å². The number of hydrogen-bond acceptors (Lipinski definition) is 2. The van der Waals surface area contributed by atoms with Gasteiger partial charge in [-0.2, -0.15) is 0 Å². The topological polar surface area (TPSA) is 26.3 Å². The second-order valence-corrected chi connectivity index (χ2v) is 6.40. The lowest BCUT2D eigenvalue weighted by Crippen LogP contribution is -2.00. The zero-order valence-electron chi connectivity index (χ0n) is 14.1. The molecule has 3 aromatic rings. The molecule has 0 atom stereocenters. The van der Waals surface area contributed by atoms with Crippen LogP contribution in [0.25, 0.3) is 0 Å². The molecule has 0 heterocycles. The van der Waals surface area contributed by atoms with Gasteiger partial charge < -0.3 is 4.74 Å². The average molecular weight is 369 g/mol. The van der Waals surface area contributed by atoms with Crippen molar-refractivity contribution >= 4 is 17.4 Å². The molecule has 0 fully saturated rings. The third-order valence-corrected chi connectivity index (χ3v) is 4.25. The summed E-state index contributed by atoms with van der Waals surface area (Å²) >= 11 is 5.83. The molecule has 0 saturated heterocycles. The lowest BCUT2D eigenvalue weighted by Gasteiger charge is -2.09. The Morgan fingerprint density at radius 3 is 2.42 bits per heavy atom. The number of ketones is 1. The van der Waals surface area contributed by atoms with E-state index in [2.05, 4.69) is 0 Å². The number of hydrogen-bond donors (Lipinski definition) is 0. The maximum Gasteiger partial charge on any atom is 0.165 e. The Morgan fingerprint density at radius 2 is 1.69 bits per heavy atom. The van der Waals surface area contributed by atoms with Crippen LogP contribution >= 0.6 is 11.6 Å². The number of ether oxygens (including phenoxy) is 1. The summed E-state index contributed by atoms with van der Waals surface area (Å²) in [5.74, 6) is 0.443. The molecule has 2 nitrogen and oxygen atoms in total. The third-order valence-electron chi connectivity index (χ3n) is 4.00. The van der Waals surface area contributed by atoms with Crippen molar-refractivity contribution in [2.75, 3.05) is 0 Å². The molecule has 4 heteroatoms. The molecule has 132 valence electrons. The Hall–Kier alpha value is -2.65. The molecule has 0 bridgehead atoms. The second kappa shape index (κ2) is 8.63. The van der Waals surface area contributed by atoms with Gasteiger partial charge in [0.25, 0.3) is 0 Å². The first-order chi connectivity index (χ1) is 12.6. The summed E-state index contributed by atoms with van der Waals surface area (Å²) in [5.41, 5.74) is 1.59. The molecule has 3 aromatic carbocycles. The van der Waals surface area contributed by atoms with Crippen molar-refractivity contribution in [3.8, 4) is 11.5 Å². The standard InChI is InChI=1S/C22H18ClFO2/c23-18-12-10-17(11-13-18)21(25)8-4-5-16-9-14-20(24)22(15-16)26-19-6-2-1-3-7-19/h1-3,6-7,9-15H,4-5,8H2. The van der Waals surface area contributed by atoms with Gasteiger partial charge in [-0.3, -0.25) is 4.79 Å². The van der Waals surface area contributed by atoms with Gasteiger partial charge in [-0.25, -0.2) is 4.39 Å². The van der Waals surface area contributed by atoms with E-state index < -0.39 is 5.82 Å². The summed E-state index contributed by atoms with van der Waals surface area (Å²) in [7, 11) is 0. The van der Waals surface area contributed by atoms with E-state index in [9.17, 15) is 9.18 Å².